The monoisotopic (exact) mass is 218 g/mol. The number of phenolic OH excluding ortho intramolecular Hbond substituents is 1. The summed E-state index contributed by atoms with van der Waals surface area (Å²) >= 11 is 0. The quantitative estimate of drug-likeness (QED) is 0.802. The van der Waals surface area contributed by atoms with E-state index in [2.05, 4.69) is 9.97 Å². The number of aromatic nitrogens is 2. The minimum Gasteiger partial charge on any atom is -0.508 e. The SMILES string of the molecule is Cc1c(O)cccc1Oc1cc(=O)[nH]cn1. The average molecular weight is 218 g/mol. The van der Waals surface area contributed by atoms with Crippen molar-refractivity contribution in [1.82, 2.24) is 9.97 Å². The molecule has 0 aliphatic carbocycles. The molecule has 0 bridgehead atoms. The van der Waals surface area contributed by atoms with Gasteiger partial charge in [-0.3, -0.25) is 4.79 Å². The van der Waals surface area contributed by atoms with Gasteiger partial charge >= 0.3 is 0 Å². The Hall–Kier alpha value is -2.30. The van der Waals surface area contributed by atoms with Crippen LogP contribution < -0.4 is 10.3 Å². The van der Waals surface area contributed by atoms with E-state index < -0.39 is 0 Å². The van der Waals surface area contributed by atoms with E-state index in [-0.39, 0.29) is 17.2 Å². The van der Waals surface area contributed by atoms with Gasteiger partial charge in [0.15, 0.2) is 0 Å². The van der Waals surface area contributed by atoms with E-state index in [1.165, 1.54) is 12.4 Å². The number of phenols is 1. The maximum absolute atomic E-state index is 11.0. The fourth-order valence-electron chi connectivity index (χ4n) is 1.23. The van der Waals surface area contributed by atoms with Crippen LogP contribution in [0.15, 0.2) is 35.4 Å². The van der Waals surface area contributed by atoms with Crippen LogP contribution in [0.5, 0.6) is 17.4 Å². The normalized spacial score (nSPS) is 10.1. The molecule has 0 atom stereocenters. The number of hydrogen-bond donors (Lipinski definition) is 2. The number of hydrogen-bond acceptors (Lipinski definition) is 4. The first-order valence-corrected chi connectivity index (χ1v) is 4.68. The summed E-state index contributed by atoms with van der Waals surface area (Å²) in [5, 5.41) is 9.46. The minimum atomic E-state index is -0.289. The Morgan fingerprint density at radius 3 is 3.00 bits per heavy atom. The molecule has 0 saturated carbocycles. The number of ether oxygens (including phenoxy) is 1. The van der Waals surface area contributed by atoms with Crippen molar-refractivity contribution in [3.05, 3.63) is 46.5 Å². The van der Waals surface area contributed by atoms with Crippen molar-refractivity contribution in [2.24, 2.45) is 0 Å². The summed E-state index contributed by atoms with van der Waals surface area (Å²) in [7, 11) is 0. The molecule has 16 heavy (non-hydrogen) atoms. The first-order valence-electron chi connectivity index (χ1n) is 4.68. The number of rotatable bonds is 2. The van der Waals surface area contributed by atoms with E-state index in [0.717, 1.165) is 0 Å². The summed E-state index contributed by atoms with van der Waals surface area (Å²) in [6.45, 7) is 1.72. The summed E-state index contributed by atoms with van der Waals surface area (Å²) in [6.07, 6.45) is 1.26. The number of benzene rings is 1. The molecule has 0 aliphatic heterocycles. The molecule has 0 amide bonds. The fraction of sp³-hybridized carbons (Fsp3) is 0.0909. The zero-order valence-corrected chi connectivity index (χ0v) is 8.60. The Labute approximate surface area is 91.4 Å². The summed E-state index contributed by atoms with van der Waals surface area (Å²) in [5.41, 5.74) is 0.312. The Morgan fingerprint density at radius 2 is 2.25 bits per heavy atom. The van der Waals surface area contributed by atoms with Gasteiger partial charge in [0.1, 0.15) is 11.5 Å². The van der Waals surface area contributed by atoms with Gasteiger partial charge in [0.05, 0.1) is 12.4 Å². The van der Waals surface area contributed by atoms with Gasteiger partial charge < -0.3 is 14.8 Å². The molecule has 0 spiro atoms. The molecular weight excluding hydrogens is 208 g/mol. The van der Waals surface area contributed by atoms with Gasteiger partial charge in [-0.2, -0.15) is 0 Å². The van der Waals surface area contributed by atoms with Gasteiger partial charge in [-0.15, -0.1) is 0 Å². The first-order chi connectivity index (χ1) is 7.66. The Kier molecular flexibility index (Phi) is 2.59. The number of aromatic hydroxyl groups is 1. The minimum absolute atomic E-state index is 0.141. The summed E-state index contributed by atoms with van der Waals surface area (Å²) < 4.78 is 5.38. The molecule has 1 aromatic carbocycles. The van der Waals surface area contributed by atoms with Crippen LogP contribution in [0.3, 0.4) is 0 Å². The Bertz CT molecular complexity index is 563. The smallest absolute Gasteiger partial charge is 0.254 e. The highest BCUT2D eigenvalue weighted by Crippen LogP contribution is 2.28. The third kappa shape index (κ3) is 2.03. The lowest BCUT2D eigenvalue weighted by molar-refractivity contribution is 0.437. The first kappa shape index (κ1) is 10.2. The zero-order valence-electron chi connectivity index (χ0n) is 8.60. The maximum atomic E-state index is 11.0. The highest BCUT2D eigenvalue weighted by Gasteiger charge is 2.05. The van der Waals surface area contributed by atoms with Crippen molar-refractivity contribution in [2.45, 2.75) is 6.92 Å². The van der Waals surface area contributed by atoms with Crippen molar-refractivity contribution in [3.63, 3.8) is 0 Å². The second kappa shape index (κ2) is 4.06. The Morgan fingerprint density at radius 1 is 1.44 bits per heavy atom. The van der Waals surface area contributed by atoms with E-state index in [0.29, 0.717) is 11.3 Å². The molecule has 2 rings (SSSR count). The van der Waals surface area contributed by atoms with E-state index in [1.54, 1.807) is 25.1 Å². The summed E-state index contributed by atoms with van der Waals surface area (Å²) in [6, 6.07) is 6.15. The van der Waals surface area contributed by atoms with E-state index in [9.17, 15) is 9.90 Å². The predicted molar refractivity (Wildman–Crippen MR) is 57.8 cm³/mol. The molecule has 0 unspecified atom stereocenters. The standard InChI is InChI=1S/C11H10N2O3/c1-7-8(14)3-2-4-9(7)16-11-5-10(15)12-6-13-11/h2-6,14H,1H3,(H,12,13,15). The lowest BCUT2D eigenvalue weighted by Crippen LogP contribution is -2.04. The van der Waals surface area contributed by atoms with Gasteiger partial charge in [0, 0.05) is 5.56 Å². The molecule has 5 nitrogen and oxygen atoms in total. The highest BCUT2D eigenvalue weighted by molar-refractivity contribution is 5.43. The van der Waals surface area contributed by atoms with Gasteiger partial charge in [0.2, 0.25) is 5.88 Å². The van der Waals surface area contributed by atoms with Crippen molar-refractivity contribution >= 4 is 0 Å². The molecule has 1 aromatic heterocycles. The number of nitrogens with zero attached hydrogens (tertiary/aromatic N) is 1. The number of H-pyrrole nitrogens is 1. The van der Waals surface area contributed by atoms with Gasteiger partial charge in [-0.25, -0.2) is 4.98 Å². The predicted octanol–water partition coefficient (Wildman–Crippen LogP) is 1.58. The maximum Gasteiger partial charge on any atom is 0.254 e. The van der Waals surface area contributed by atoms with Crippen LogP contribution in [0, 0.1) is 6.92 Å². The summed E-state index contributed by atoms with van der Waals surface area (Å²) in [5.74, 6) is 0.804. The van der Waals surface area contributed by atoms with E-state index in [1.807, 2.05) is 0 Å². The third-order valence-electron chi connectivity index (χ3n) is 2.12. The van der Waals surface area contributed by atoms with E-state index in [4.69, 9.17) is 4.74 Å². The third-order valence-corrected chi connectivity index (χ3v) is 2.12. The van der Waals surface area contributed by atoms with Crippen LogP contribution in [0.2, 0.25) is 0 Å². The van der Waals surface area contributed by atoms with Crippen molar-refractivity contribution < 1.29 is 9.84 Å². The van der Waals surface area contributed by atoms with Crippen LogP contribution >= 0.6 is 0 Å². The van der Waals surface area contributed by atoms with Crippen molar-refractivity contribution in [3.8, 4) is 17.4 Å². The molecule has 1 heterocycles. The molecular formula is C11H10N2O3. The molecule has 0 saturated heterocycles. The average Bonchev–Trinajstić information content (AvgIpc) is 2.25. The lowest BCUT2D eigenvalue weighted by atomic mass is 10.2. The zero-order chi connectivity index (χ0) is 11.5. The second-order valence-corrected chi connectivity index (χ2v) is 3.25. The highest BCUT2D eigenvalue weighted by atomic mass is 16.5. The van der Waals surface area contributed by atoms with Gasteiger partial charge in [-0.1, -0.05) is 6.07 Å². The molecule has 0 fully saturated rings. The van der Waals surface area contributed by atoms with Crippen LogP contribution in [0.4, 0.5) is 0 Å². The second-order valence-electron chi connectivity index (χ2n) is 3.25. The largest absolute Gasteiger partial charge is 0.508 e. The van der Waals surface area contributed by atoms with Crippen molar-refractivity contribution in [1.29, 1.82) is 0 Å². The van der Waals surface area contributed by atoms with Crippen LogP contribution in [0.1, 0.15) is 5.56 Å². The molecule has 0 radical (unpaired) electrons. The topological polar surface area (TPSA) is 75.2 Å². The fourth-order valence-corrected chi connectivity index (χ4v) is 1.23. The van der Waals surface area contributed by atoms with Crippen LogP contribution in [-0.4, -0.2) is 15.1 Å². The molecule has 2 N–H and O–H groups in total. The summed E-state index contributed by atoms with van der Waals surface area (Å²) in [4.78, 5) is 17.2. The van der Waals surface area contributed by atoms with Gasteiger partial charge in [0.25, 0.3) is 5.56 Å². The molecule has 5 heteroatoms. The van der Waals surface area contributed by atoms with Gasteiger partial charge in [-0.05, 0) is 19.1 Å². The molecule has 0 aliphatic rings. The van der Waals surface area contributed by atoms with Crippen LogP contribution in [0.25, 0.3) is 0 Å². The van der Waals surface area contributed by atoms with Crippen molar-refractivity contribution in [2.75, 3.05) is 0 Å². The van der Waals surface area contributed by atoms with E-state index >= 15 is 0 Å². The number of aromatic amines is 1. The van der Waals surface area contributed by atoms with Crippen LogP contribution in [-0.2, 0) is 0 Å². The molecule has 2 aromatic rings. The lowest BCUT2D eigenvalue weighted by Gasteiger charge is -2.07. The molecule has 82 valence electrons. The Balaban J connectivity index is 2.34. The number of nitrogens with one attached hydrogen (secondary N) is 1.